The van der Waals surface area contributed by atoms with E-state index in [4.69, 9.17) is 9.47 Å². The largest absolute Gasteiger partial charge is 0.379 e. The van der Waals surface area contributed by atoms with Crippen LogP contribution in [0.25, 0.3) is 0 Å². The maximum Gasteiger partial charge on any atom is 0.0700 e. The van der Waals surface area contributed by atoms with E-state index < -0.39 is 0 Å². The van der Waals surface area contributed by atoms with E-state index in [0.29, 0.717) is 25.0 Å². The van der Waals surface area contributed by atoms with Gasteiger partial charge in [0.25, 0.3) is 0 Å². The van der Waals surface area contributed by atoms with Crippen LogP contribution in [0, 0.1) is 11.8 Å². The van der Waals surface area contributed by atoms with Crippen LogP contribution in [-0.4, -0.2) is 32.2 Å². The fourth-order valence-corrected chi connectivity index (χ4v) is 1.35. The van der Waals surface area contributed by atoms with Crippen molar-refractivity contribution in [2.24, 2.45) is 11.8 Å². The van der Waals surface area contributed by atoms with Crippen molar-refractivity contribution in [3.8, 4) is 0 Å². The Morgan fingerprint density at radius 2 is 1.64 bits per heavy atom. The molecule has 0 heterocycles. The summed E-state index contributed by atoms with van der Waals surface area (Å²) >= 11 is 4.25. The smallest absolute Gasteiger partial charge is 0.0700 e. The first-order valence-electron chi connectivity index (χ1n) is 5.47. The topological polar surface area (TPSA) is 18.5 Å². The third-order valence-corrected chi connectivity index (χ3v) is 2.53. The van der Waals surface area contributed by atoms with Crippen LogP contribution in [0.1, 0.15) is 27.2 Å². The lowest BCUT2D eigenvalue weighted by Crippen LogP contribution is -2.14. The Labute approximate surface area is 93.8 Å². The van der Waals surface area contributed by atoms with Crippen molar-refractivity contribution in [2.75, 3.05) is 32.2 Å². The SMILES string of the molecule is CCC(CS)COCCOCC(C)C. The molecule has 0 aromatic carbocycles. The van der Waals surface area contributed by atoms with Crippen LogP contribution in [0.3, 0.4) is 0 Å². The van der Waals surface area contributed by atoms with E-state index in [1.807, 2.05) is 0 Å². The van der Waals surface area contributed by atoms with Crippen molar-refractivity contribution in [3.05, 3.63) is 0 Å². The fourth-order valence-electron chi connectivity index (χ4n) is 0.987. The zero-order valence-corrected chi connectivity index (χ0v) is 10.6. The average molecular weight is 220 g/mol. The average Bonchev–Trinajstić information content (AvgIpc) is 2.16. The minimum absolute atomic E-state index is 0.587. The quantitative estimate of drug-likeness (QED) is 0.476. The van der Waals surface area contributed by atoms with Gasteiger partial charge in [-0.2, -0.15) is 12.6 Å². The van der Waals surface area contributed by atoms with Crippen LogP contribution in [0.2, 0.25) is 0 Å². The van der Waals surface area contributed by atoms with Gasteiger partial charge in [0.15, 0.2) is 0 Å². The molecule has 0 radical (unpaired) electrons. The monoisotopic (exact) mass is 220 g/mol. The van der Waals surface area contributed by atoms with Gasteiger partial charge in [-0.25, -0.2) is 0 Å². The summed E-state index contributed by atoms with van der Waals surface area (Å²) in [5.74, 6) is 2.10. The fraction of sp³-hybridized carbons (Fsp3) is 1.00. The standard InChI is InChI=1S/C11H24O2S/c1-4-11(9-14)8-13-6-5-12-7-10(2)3/h10-11,14H,4-9H2,1-3H3. The van der Waals surface area contributed by atoms with Crippen molar-refractivity contribution in [1.82, 2.24) is 0 Å². The molecule has 0 saturated carbocycles. The van der Waals surface area contributed by atoms with Crippen LogP contribution in [-0.2, 0) is 9.47 Å². The van der Waals surface area contributed by atoms with E-state index in [1.54, 1.807) is 0 Å². The Kier molecular flexibility index (Phi) is 10.0. The molecule has 0 N–H and O–H groups in total. The molecule has 0 amide bonds. The van der Waals surface area contributed by atoms with E-state index in [-0.39, 0.29) is 0 Å². The second-order valence-electron chi connectivity index (χ2n) is 4.00. The molecule has 0 rings (SSSR count). The number of hydrogen-bond donors (Lipinski definition) is 1. The van der Waals surface area contributed by atoms with Gasteiger partial charge in [0, 0.05) is 6.61 Å². The van der Waals surface area contributed by atoms with Crippen molar-refractivity contribution < 1.29 is 9.47 Å². The highest BCUT2D eigenvalue weighted by Crippen LogP contribution is 2.04. The molecule has 0 bridgehead atoms. The Balaban J connectivity index is 3.12. The van der Waals surface area contributed by atoms with Crippen LogP contribution in [0.5, 0.6) is 0 Å². The van der Waals surface area contributed by atoms with Gasteiger partial charge in [-0.3, -0.25) is 0 Å². The lowest BCUT2D eigenvalue weighted by atomic mass is 10.1. The van der Waals surface area contributed by atoms with Gasteiger partial charge in [-0.15, -0.1) is 0 Å². The Morgan fingerprint density at radius 1 is 1.07 bits per heavy atom. The molecule has 1 atom stereocenters. The van der Waals surface area contributed by atoms with E-state index in [9.17, 15) is 0 Å². The number of ether oxygens (including phenoxy) is 2. The first-order valence-corrected chi connectivity index (χ1v) is 6.10. The maximum atomic E-state index is 5.49. The molecule has 1 unspecified atom stereocenters. The van der Waals surface area contributed by atoms with Gasteiger partial charge >= 0.3 is 0 Å². The molecule has 0 aromatic heterocycles. The molecule has 86 valence electrons. The van der Waals surface area contributed by atoms with E-state index in [0.717, 1.165) is 25.4 Å². The molecule has 0 fully saturated rings. The summed E-state index contributed by atoms with van der Waals surface area (Å²) in [5, 5.41) is 0. The third kappa shape index (κ3) is 8.85. The molecular weight excluding hydrogens is 196 g/mol. The summed E-state index contributed by atoms with van der Waals surface area (Å²) in [4.78, 5) is 0. The van der Waals surface area contributed by atoms with Crippen LogP contribution >= 0.6 is 12.6 Å². The molecule has 0 spiro atoms. The lowest BCUT2D eigenvalue weighted by Gasteiger charge is -2.12. The van der Waals surface area contributed by atoms with Crippen LogP contribution < -0.4 is 0 Å². The molecule has 3 heteroatoms. The van der Waals surface area contributed by atoms with E-state index in [1.165, 1.54) is 0 Å². The van der Waals surface area contributed by atoms with Crippen molar-refractivity contribution in [2.45, 2.75) is 27.2 Å². The van der Waals surface area contributed by atoms with Gasteiger partial charge in [0.2, 0.25) is 0 Å². The van der Waals surface area contributed by atoms with Gasteiger partial charge in [-0.05, 0) is 17.6 Å². The van der Waals surface area contributed by atoms with Gasteiger partial charge < -0.3 is 9.47 Å². The Bertz CT molecular complexity index is 114. The molecule has 14 heavy (non-hydrogen) atoms. The molecule has 0 aliphatic rings. The van der Waals surface area contributed by atoms with E-state index >= 15 is 0 Å². The molecule has 2 nitrogen and oxygen atoms in total. The predicted molar refractivity (Wildman–Crippen MR) is 64.1 cm³/mol. The van der Waals surface area contributed by atoms with Gasteiger partial charge in [-0.1, -0.05) is 27.2 Å². The normalized spacial score (nSPS) is 13.5. The molecule has 0 aromatic rings. The summed E-state index contributed by atoms with van der Waals surface area (Å²) in [7, 11) is 0. The van der Waals surface area contributed by atoms with Gasteiger partial charge in [0.05, 0.1) is 19.8 Å². The second kappa shape index (κ2) is 9.81. The maximum absolute atomic E-state index is 5.49. The zero-order chi connectivity index (χ0) is 10.8. The zero-order valence-electron chi connectivity index (χ0n) is 9.66. The Hall–Kier alpha value is 0.270. The summed E-state index contributed by atoms with van der Waals surface area (Å²) in [6, 6.07) is 0. The number of rotatable bonds is 9. The second-order valence-corrected chi connectivity index (χ2v) is 4.37. The van der Waals surface area contributed by atoms with Crippen molar-refractivity contribution in [3.63, 3.8) is 0 Å². The summed E-state index contributed by atoms with van der Waals surface area (Å²) in [6.07, 6.45) is 1.14. The van der Waals surface area contributed by atoms with Gasteiger partial charge in [0.1, 0.15) is 0 Å². The molecular formula is C11H24O2S. The summed E-state index contributed by atoms with van der Waals surface area (Å²) in [6.45, 7) is 9.51. The highest BCUT2D eigenvalue weighted by Gasteiger charge is 2.03. The van der Waals surface area contributed by atoms with E-state index in [2.05, 4.69) is 33.4 Å². The molecule has 0 aliphatic carbocycles. The third-order valence-electron chi connectivity index (χ3n) is 2.01. The lowest BCUT2D eigenvalue weighted by molar-refractivity contribution is 0.0275. The molecule has 0 saturated heterocycles. The highest BCUT2D eigenvalue weighted by molar-refractivity contribution is 7.80. The summed E-state index contributed by atoms with van der Waals surface area (Å²) in [5.41, 5.74) is 0. The minimum atomic E-state index is 0.587. The first kappa shape index (κ1) is 14.3. The minimum Gasteiger partial charge on any atom is -0.379 e. The van der Waals surface area contributed by atoms with Crippen LogP contribution in [0.4, 0.5) is 0 Å². The predicted octanol–water partition coefficient (Wildman–Crippen LogP) is 2.63. The Morgan fingerprint density at radius 3 is 2.07 bits per heavy atom. The number of thiol groups is 1. The van der Waals surface area contributed by atoms with Crippen molar-refractivity contribution in [1.29, 1.82) is 0 Å². The highest BCUT2D eigenvalue weighted by atomic mass is 32.1. The first-order chi connectivity index (χ1) is 6.70. The van der Waals surface area contributed by atoms with Crippen LogP contribution in [0.15, 0.2) is 0 Å². The summed E-state index contributed by atoms with van der Waals surface area (Å²) < 4.78 is 10.9. The molecule has 0 aliphatic heterocycles. The number of hydrogen-bond acceptors (Lipinski definition) is 3. The van der Waals surface area contributed by atoms with Crippen molar-refractivity contribution >= 4 is 12.6 Å².